The zero-order valence-corrected chi connectivity index (χ0v) is 8.41. The molecule has 0 saturated carbocycles. The van der Waals surface area contributed by atoms with Gasteiger partial charge in [-0.25, -0.2) is 4.79 Å². The third-order valence-electron chi connectivity index (χ3n) is 0.987. The van der Waals surface area contributed by atoms with E-state index in [-0.39, 0.29) is 0 Å². The Hall–Kier alpha value is -2.52. The number of aliphatic imine (C=N–C) groups is 1. The van der Waals surface area contributed by atoms with Crippen LogP contribution >= 0.6 is 0 Å². The van der Waals surface area contributed by atoms with Gasteiger partial charge in [0.1, 0.15) is 0 Å². The zero-order valence-electron chi connectivity index (χ0n) is 8.41. The van der Waals surface area contributed by atoms with Crippen molar-refractivity contribution in [1.82, 2.24) is 0 Å². The molecule has 0 heterocycles. The lowest BCUT2D eigenvalue weighted by atomic mass is 10.6. The lowest BCUT2D eigenvalue weighted by Crippen LogP contribution is -2.33. The molecule has 0 radical (unpaired) electrons. The number of nitrogens with zero attached hydrogens (tertiary/aromatic N) is 2. The molecule has 0 amide bonds. The molecule has 16 heavy (non-hydrogen) atoms. The Bertz CT molecular complexity index is 330. The lowest BCUT2D eigenvalue weighted by molar-refractivity contribution is -0.166. The molecule has 10 nitrogen and oxygen atoms in total. The van der Waals surface area contributed by atoms with Gasteiger partial charge < -0.3 is 32.5 Å². The Morgan fingerprint density at radius 2 is 1.69 bits per heavy atom. The highest BCUT2D eigenvalue weighted by molar-refractivity contribution is 5.84. The summed E-state index contributed by atoms with van der Waals surface area (Å²) < 4.78 is 4.44. The summed E-state index contributed by atoms with van der Waals surface area (Å²) in [6.45, 7) is 1.06. The molecule has 0 aliphatic rings. The molecule has 8 N–H and O–H groups in total. The van der Waals surface area contributed by atoms with Crippen molar-refractivity contribution in [3.05, 3.63) is 0 Å². The first kappa shape index (κ1) is 13.5. The van der Waals surface area contributed by atoms with Crippen LogP contribution in [0.5, 0.6) is 0 Å². The van der Waals surface area contributed by atoms with Crippen molar-refractivity contribution < 1.29 is 19.2 Å². The molecule has 0 aromatic carbocycles. The minimum Gasteiger partial charge on any atom is -0.428 e. The third-order valence-corrected chi connectivity index (χ3v) is 0.987. The highest BCUT2D eigenvalue weighted by Gasteiger charge is 2.23. The number of nitrogens with two attached hydrogens (primary N) is 4. The van der Waals surface area contributed by atoms with E-state index in [1.165, 1.54) is 0 Å². The molecule has 0 aliphatic carbocycles. The second-order valence-electron chi connectivity index (χ2n) is 2.44. The molecule has 0 saturated heterocycles. The smallest absolute Gasteiger partial charge is 0.398 e. The molecule has 1 atom stereocenters. The molecule has 0 bridgehead atoms. The molecule has 0 aromatic heterocycles. The second-order valence-corrected chi connectivity index (χ2v) is 2.44. The average molecular weight is 232 g/mol. The van der Waals surface area contributed by atoms with Gasteiger partial charge in [0.2, 0.25) is 5.96 Å². The molecule has 0 aromatic rings. The number of esters is 1. The number of oxime groups is 1. The molecule has 10 heteroatoms. The van der Waals surface area contributed by atoms with Crippen LogP contribution in [0.2, 0.25) is 0 Å². The van der Waals surface area contributed by atoms with E-state index < -0.39 is 30.1 Å². The Balaban J connectivity index is 4.63. The van der Waals surface area contributed by atoms with Gasteiger partial charge in [-0.3, -0.25) is 4.79 Å². The Morgan fingerprint density at radius 1 is 1.12 bits per heavy atom. The van der Waals surface area contributed by atoms with Gasteiger partial charge >= 0.3 is 11.9 Å². The van der Waals surface area contributed by atoms with Crippen molar-refractivity contribution in [1.29, 1.82) is 0 Å². The summed E-state index contributed by atoms with van der Waals surface area (Å²) in [5.74, 6) is -2.87. The molecule has 1 unspecified atom stereocenters. The van der Waals surface area contributed by atoms with E-state index in [2.05, 4.69) is 19.7 Å². The first-order chi connectivity index (χ1) is 7.32. The van der Waals surface area contributed by atoms with Gasteiger partial charge in [0, 0.05) is 6.92 Å². The standard InChI is InChI=1S/C6H12N6O4/c1-2(13)15-3(11-5(7)8)4(14)16-12-6(9)10/h3H,1H3,(H4,7,8,11)(H4,9,10,12). The monoisotopic (exact) mass is 232 g/mol. The van der Waals surface area contributed by atoms with Crippen LogP contribution in [0.3, 0.4) is 0 Å². The van der Waals surface area contributed by atoms with E-state index >= 15 is 0 Å². The number of rotatable bonds is 4. The van der Waals surface area contributed by atoms with Crippen molar-refractivity contribution in [2.24, 2.45) is 33.1 Å². The highest BCUT2D eigenvalue weighted by atomic mass is 16.7. The molecular weight excluding hydrogens is 220 g/mol. The maximum Gasteiger partial charge on any atom is 0.398 e. The number of guanidine groups is 2. The van der Waals surface area contributed by atoms with Gasteiger partial charge in [0.15, 0.2) is 5.96 Å². The van der Waals surface area contributed by atoms with Crippen LogP contribution in [-0.4, -0.2) is 30.1 Å². The Labute approximate surface area is 90.2 Å². The molecule has 0 rings (SSSR count). The minimum atomic E-state index is -1.65. The number of ether oxygens (including phenoxy) is 1. The van der Waals surface area contributed by atoms with E-state index in [0.29, 0.717) is 0 Å². The van der Waals surface area contributed by atoms with E-state index in [9.17, 15) is 9.59 Å². The number of hydrogen-bond acceptors (Lipinski definition) is 6. The SMILES string of the molecule is CC(=O)OC(N=C(N)N)C(=O)ON=C(N)N. The van der Waals surface area contributed by atoms with Crippen LogP contribution in [0, 0.1) is 0 Å². The molecular formula is C6H12N6O4. The normalized spacial score (nSPS) is 10.8. The topological polar surface area (TPSA) is 181 Å². The van der Waals surface area contributed by atoms with Crippen molar-refractivity contribution in [3.8, 4) is 0 Å². The van der Waals surface area contributed by atoms with E-state index in [1.807, 2.05) is 0 Å². The predicted molar refractivity (Wildman–Crippen MR) is 53.3 cm³/mol. The summed E-state index contributed by atoms with van der Waals surface area (Å²) in [5.41, 5.74) is 19.8. The molecule has 0 spiro atoms. The fraction of sp³-hybridized carbons (Fsp3) is 0.333. The summed E-state index contributed by atoms with van der Waals surface area (Å²) in [4.78, 5) is 29.3. The van der Waals surface area contributed by atoms with E-state index in [0.717, 1.165) is 6.92 Å². The number of carbonyl (C=O) groups is 2. The van der Waals surface area contributed by atoms with Gasteiger partial charge in [-0.1, -0.05) is 0 Å². The van der Waals surface area contributed by atoms with Crippen molar-refractivity contribution in [2.45, 2.75) is 13.2 Å². The fourth-order valence-corrected chi connectivity index (χ4v) is 0.563. The van der Waals surface area contributed by atoms with Crippen LogP contribution < -0.4 is 22.9 Å². The second kappa shape index (κ2) is 6.06. The first-order valence-corrected chi connectivity index (χ1v) is 3.88. The van der Waals surface area contributed by atoms with E-state index in [1.54, 1.807) is 0 Å². The molecule has 0 fully saturated rings. The van der Waals surface area contributed by atoms with Crippen LogP contribution in [0.1, 0.15) is 6.92 Å². The molecule has 0 aliphatic heterocycles. The van der Waals surface area contributed by atoms with Gasteiger partial charge in [0.25, 0.3) is 6.23 Å². The van der Waals surface area contributed by atoms with Gasteiger partial charge in [-0.2, -0.15) is 4.99 Å². The third kappa shape index (κ3) is 6.01. The predicted octanol–water partition coefficient (Wildman–Crippen LogP) is -3.12. The summed E-state index contributed by atoms with van der Waals surface area (Å²) in [6, 6.07) is 0. The summed E-state index contributed by atoms with van der Waals surface area (Å²) in [5, 5.41) is 2.94. The lowest BCUT2D eigenvalue weighted by Gasteiger charge is -2.09. The number of hydrogen-bond donors (Lipinski definition) is 4. The van der Waals surface area contributed by atoms with Crippen molar-refractivity contribution >= 4 is 23.9 Å². The van der Waals surface area contributed by atoms with Crippen LogP contribution in [0.15, 0.2) is 10.1 Å². The van der Waals surface area contributed by atoms with Gasteiger partial charge in [-0.05, 0) is 5.16 Å². The Morgan fingerprint density at radius 3 is 2.06 bits per heavy atom. The van der Waals surface area contributed by atoms with Crippen LogP contribution in [-0.2, 0) is 19.2 Å². The van der Waals surface area contributed by atoms with Crippen molar-refractivity contribution in [3.63, 3.8) is 0 Å². The largest absolute Gasteiger partial charge is 0.428 e. The summed E-state index contributed by atoms with van der Waals surface area (Å²) >= 11 is 0. The molecule has 90 valence electrons. The fourth-order valence-electron chi connectivity index (χ4n) is 0.563. The van der Waals surface area contributed by atoms with Gasteiger partial charge in [0.05, 0.1) is 0 Å². The summed E-state index contributed by atoms with van der Waals surface area (Å²) in [6.07, 6.45) is -1.65. The average Bonchev–Trinajstić information content (AvgIpc) is 2.11. The Kier molecular flexibility index (Phi) is 5.10. The minimum absolute atomic E-state index is 0.465. The van der Waals surface area contributed by atoms with E-state index in [4.69, 9.17) is 22.9 Å². The maximum atomic E-state index is 11.2. The zero-order chi connectivity index (χ0) is 12.7. The quantitative estimate of drug-likeness (QED) is 0.129. The number of carbonyl (C=O) groups excluding carboxylic acids is 2. The van der Waals surface area contributed by atoms with Crippen LogP contribution in [0.4, 0.5) is 0 Å². The van der Waals surface area contributed by atoms with Gasteiger partial charge in [-0.15, -0.1) is 0 Å². The van der Waals surface area contributed by atoms with Crippen molar-refractivity contribution in [2.75, 3.05) is 0 Å². The van der Waals surface area contributed by atoms with Crippen LogP contribution in [0.25, 0.3) is 0 Å². The first-order valence-electron chi connectivity index (χ1n) is 3.88. The maximum absolute atomic E-state index is 11.2. The summed E-state index contributed by atoms with van der Waals surface area (Å²) in [7, 11) is 0. The highest BCUT2D eigenvalue weighted by Crippen LogP contribution is 1.98.